The van der Waals surface area contributed by atoms with Gasteiger partial charge in [0.1, 0.15) is 72.9 Å². The molecule has 0 radical (unpaired) electrons. The number of phosphoric ester groups is 4. The molecule has 10 heterocycles. The molecule has 4 aliphatic rings. The fraction of sp³-hybridized carbons (Fsp3) is 0.592. The molecule has 0 spiro atoms. The van der Waals surface area contributed by atoms with E-state index in [1.54, 1.807) is 6.07 Å². The number of fused-ring (bicyclic) bond motifs is 2. The lowest BCUT2D eigenvalue weighted by Gasteiger charge is -2.24. The first kappa shape index (κ1) is 121. The summed E-state index contributed by atoms with van der Waals surface area (Å²) in [4.78, 5) is 221. The number of rotatable bonds is 44. The number of hydrogen-bond donors (Lipinski definition) is 21. The van der Waals surface area contributed by atoms with Gasteiger partial charge in [-0.15, -0.1) is 0 Å². The van der Waals surface area contributed by atoms with Gasteiger partial charge >= 0.3 is 105 Å². The van der Waals surface area contributed by atoms with Crippen LogP contribution in [0.4, 0.5) is 35.1 Å². The van der Waals surface area contributed by atoms with Crippen LogP contribution in [-0.2, 0) is 145 Å². The van der Waals surface area contributed by atoms with Gasteiger partial charge in [0.25, 0.3) is 35.0 Å². The highest BCUT2D eigenvalue weighted by atomic mass is 31.3. The number of alkyl halides is 4. The normalized spacial score (nSPS) is 25.6. The van der Waals surface area contributed by atoms with Crippen LogP contribution in [0.25, 0.3) is 63.8 Å². The van der Waals surface area contributed by atoms with Crippen molar-refractivity contribution in [3.63, 3.8) is 0 Å². The zero-order chi connectivity index (χ0) is 108. The fourth-order valence-electron chi connectivity index (χ4n) is 11.9. The van der Waals surface area contributed by atoms with Crippen molar-refractivity contribution >= 4 is 134 Å². The van der Waals surface area contributed by atoms with Gasteiger partial charge in [0.05, 0.1) is 61.6 Å². The molecule has 10 rings (SSSR count). The highest BCUT2D eigenvalue weighted by Crippen LogP contribution is 2.70. The van der Waals surface area contributed by atoms with Crippen LogP contribution in [0, 0.1) is 6.92 Å². The highest BCUT2D eigenvalue weighted by molar-refractivity contribution is 7.68. The zero-order valence-corrected chi connectivity index (χ0v) is 81.3. The molecule has 4 fully saturated rings. The molecule has 6 aromatic rings. The van der Waals surface area contributed by atoms with Crippen molar-refractivity contribution < 1.29 is 241 Å². The Balaban J connectivity index is 0.000000257. The van der Waals surface area contributed by atoms with Crippen LogP contribution in [0.5, 0.6) is 0 Å². The minimum absolute atomic E-state index is 0.0524. The van der Waals surface area contributed by atoms with Gasteiger partial charge in [0.15, 0.2) is 5.65 Å². The predicted molar refractivity (Wildman–Crippen MR) is 443 cm³/mol. The zero-order valence-electron chi connectivity index (χ0n) is 70.6. The first-order chi connectivity index (χ1) is 64.7. The lowest BCUT2D eigenvalue weighted by molar-refractivity contribution is -0.179. The van der Waals surface area contributed by atoms with Crippen molar-refractivity contribution in [3.8, 4) is 0 Å². The van der Waals surface area contributed by atoms with E-state index >= 15 is 0 Å². The average Bonchev–Trinajstić information content (AvgIpc) is 1.63. The van der Waals surface area contributed by atoms with E-state index in [9.17, 15) is 131 Å². The summed E-state index contributed by atoms with van der Waals surface area (Å²) in [5.74, 6) is -11.9. The molecule has 93 heteroatoms. The van der Waals surface area contributed by atoms with Crippen LogP contribution in [-0.4, -0.2) is 226 Å². The minimum atomic E-state index is -5.80. The lowest BCUT2D eigenvalue weighted by atomic mass is 10.2. The molecular weight excluding hydrogens is 2220 g/mol. The molecule has 6 aromatic heterocycles. The first-order valence-corrected chi connectivity index (χ1v) is 54.8. The summed E-state index contributed by atoms with van der Waals surface area (Å²) in [5, 5.41) is 11.8. The van der Waals surface area contributed by atoms with Crippen LogP contribution in [0.3, 0.4) is 0 Å². The number of azide groups is 4. The molecular formula is C49H75F4N25O52P12. The van der Waals surface area contributed by atoms with E-state index in [1.807, 2.05) is 4.98 Å². The van der Waals surface area contributed by atoms with Gasteiger partial charge in [0.2, 0.25) is 5.95 Å². The maximum atomic E-state index is 14.5. The van der Waals surface area contributed by atoms with Crippen molar-refractivity contribution in [2.75, 3.05) is 43.6 Å². The van der Waals surface area contributed by atoms with Crippen LogP contribution in [0.15, 0.2) is 88.9 Å². The summed E-state index contributed by atoms with van der Waals surface area (Å²) in [5.41, 5.74) is 48.1. The molecule has 0 bridgehead atoms. The summed E-state index contributed by atoms with van der Waals surface area (Å²) in [7, 11) is -67.7. The quantitative estimate of drug-likeness (QED) is 0.00606. The smallest absolute Gasteiger partial charge is 0.383 e. The predicted octanol–water partition coefficient (Wildman–Crippen LogP) is 4.87. The van der Waals surface area contributed by atoms with E-state index in [1.165, 1.54) is 53.1 Å². The van der Waals surface area contributed by atoms with E-state index in [2.05, 4.69) is 118 Å². The summed E-state index contributed by atoms with van der Waals surface area (Å²) in [6, 6.07) is 4.18. The number of H-pyrrole nitrogens is 2. The van der Waals surface area contributed by atoms with Crippen molar-refractivity contribution in [1.29, 1.82) is 0 Å². The maximum absolute atomic E-state index is 14.5. The number of nitrogens with zero attached hydrogens (tertiary/aromatic N) is 20. The molecule has 796 valence electrons. The third-order valence-corrected chi connectivity index (χ3v) is 31.9. The Morgan fingerprint density at radius 3 is 1.02 bits per heavy atom. The maximum Gasteiger partial charge on any atom is 0.490 e. The molecule has 24 atom stereocenters. The van der Waals surface area contributed by atoms with Crippen LogP contribution >= 0.6 is 93.9 Å². The number of nitrogens with two attached hydrogens (primary N) is 3. The Labute approximate surface area is 780 Å². The molecule has 77 nitrogen and oxygen atoms in total. The number of nitrogens with one attached hydrogen (secondary N) is 2. The average molecular weight is 2290 g/mol. The molecule has 0 amide bonds. The highest BCUT2D eigenvalue weighted by Gasteiger charge is 2.52. The number of aromatic amines is 2. The largest absolute Gasteiger partial charge is 0.490 e. The number of hydrogen-bond acceptors (Lipinski definition) is 47. The van der Waals surface area contributed by atoms with E-state index in [4.69, 9.17) is 116 Å². The minimum Gasteiger partial charge on any atom is -0.383 e. The van der Waals surface area contributed by atoms with Gasteiger partial charge in [-0.05, 0) is 67.7 Å². The summed E-state index contributed by atoms with van der Waals surface area (Å²) in [6.45, 7) is 0.366. The number of anilines is 3. The summed E-state index contributed by atoms with van der Waals surface area (Å²) in [6.07, 6.45) is -10.5. The number of nitrogen functional groups attached to an aromatic ring is 3. The Bertz CT molecular complexity index is 6690. The van der Waals surface area contributed by atoms with Gasteiger partial charge in [-0.2, -0.15) is 44.5 Å². The van der Waals surface area contributed by atoms with Crippen LogP contribution in [0.2, 0.25) is 0 Å². The molecule has 0 saturated carbocycles. The first-order valence-electron chi connectivity index (χ1n) is 36.7. The standard InChI is InChI=1S/C13H19FN7O13P3.C13H19FN7O12P3.C12H19FN5O14P3.C11H18FN6O13P3/c1-13(14,19-20-16)32-7-4-9(21-3-2-6-10(21)17-12(15)18-11(6)22)31-8(7)5-30-36(26,27)34-37(28,29)33-35(23,24)25;1-13(14,19-20-16)31-8-4-10(21-3-2-7-11(15)17-6-18-12(7)21)30-9(8)5-29-35(25,26)33-36(27,28)32-34(22,23)24;1-6-4-18(11(20)15-10(6)19)9-3-7(30-12(2,13)16-17-14)8(29-9)5-28-34(24,25)32-35(26,27)31-33(21,22)23;1-11(12,16-17-14)29-6-4-9(18-3-2-8(13)15-10(18)19)28-7(6)5-27-33(23,24)31-34(25,26)30-32(20,21)22/h2-3,7-9H,4-5H2,1H3,(H,26,27)(H,28,29)(H2,23,24,25)(H3,15,17,18,22);2-3,6,8-10H,4-5H2,1H3,(H,25,26)(H,27,28)(H2,15,17,18)(H2,22,23,24);4,7-9H,3,5H2,1-2H3,(H,24,25)(H,26,27)(H,15,19,20)(H2,21,22,23);2-3,6-7,9H,4-5H2,1H3,(H,23,24)(H,25,26)(H2,13,15,19)(H2,20,21,22)/t7-,8-,9-,13-;8-,9-,10-,13-;7-,8-,9-,12-;6-,7-,9-,11-/m1111/s1. The lowest BCUT2D eigenvalue weighted by Crippen LogP contribution is -2.35. The van der Waals surface area contributed by atoms with E-state index in [-0.39, 0.29) is 59.9 Å². The second-order valence-electron chi connectivity index (χ2n) is 28.0. The van der Waals surface area contributed by atoms with Crippen molar-refractivity contribution in [2.45, 2.75) is 158 Å². The van der Waals surface area contributed by atoms with Gasteiger partial charge in [0, 0.05) is 103 Å². The number of halogens is 4. The van der Waals surface area contributed by atoms with Crippen LogP contribution < -0.4 is 39.7 Å². The van der Waals surface area contributed by atoms with Crippen molar-refractivity contribution in [1.82, 2.24) is 48.2 Å². The van der Waals surface area contributed by atoms with Crippen LogP contribution in [0.1, 0.15) is 83.9 Å². The van der Waals surface area contributed by atoms with E-state index < -0.39 is 240 Å². The number of phosphoric acid groups is 12. The molecule has 8 unspecified atom stereocenters. The molecule has 4 saturated heterocycles. The van der Waals surface area contributed by atoms with Gasteiger partial charge in [-0.25, -0.2) is 91.9 Å². The van der Waals surface area contributed by atoms with Gasteiger partial charge in [-0.3, -0.25) is 46.8 Å². The topological polar surface area (TPSA) is 1160 Å². The molecule has 0 aliphatic carbocycles. The Morgan fingerprint density at radius 1 is 0.415 bits per heavy atom. The third-order valence-electron chi connectivity index (χ3n) is 16.7. The molecule has 142 heavy (non-hydrogen) atoms. The van der Waals surface area contributed by atoms with E-state index in [0.717, 1.165) is 43.0 Å². The van der Waals surface area contributed by atoms with Crippen molar-refractivity contribution in [2.24, 2.45) is 20.5 Å². The van der Waals surface area contributed by atoms with Gasteiger partial charge < -0.3 is 143 Å². The van der Waals surface area contributed by atoms with Crippen molar-refractivity contribution in [3.05, 3.63) is 138 Å². The summed E-state index contributed by atoms with van der Waals surface area (Å²) >= 11 is 0. The second kappa shape index (κ2) is 47.2. The molecule has 0 aromatic carbocycles. The number of aromatic nitrogens is 10. The fourth-order valence-corrected chi connectivity index (χ4v) is 24.1. The number of ether oxygens (including phenoxy) is 8. The molecule has 24 N–H and O–H groups in total. The Hall–Kier alpha value is -7.72. The molecule has 4 aliphatic heterocycles. The Kier molecular flexibility index (Phi) is 40.3. The second-order valence-corrected chi connectivity index (χ2v) is 45.7. The monoisotopic (exact) mass is 2290 g/mol. The number of aryl methyl sites for hydroxylation is 1. The summed E-state index contributed by atoms with van der Waals surface area (Å²) < 4.78 is 288. The Morgan fingerprint density at radius 2 is 0.711 bits per heavy atom. The van der Waals surface area contributed by atoms with E-state index in [0.29, 0.717) is 11.0 Å². The SMILES string of the molecule is C[C@@](F)(N=[N+]=[N-])O[C@@H]1C[C@H](n2ccc(N)nc2=O)O[C@@H]1COP(=O)(O)OP(=O)(O)OP(=O)(O)O.C[C@@](F)(N=[N+]=[N-])O[C@@H]1C[C@H](n2ccc3c(=O)[nH]c(N)nc32)O[C@@H]1COP(=O)(O)OP(=O)(O)OP(=O)(O)O.C[C@@](F)(N=[N+]=[N-])O[C@@H]1C[C@H](n2ccc3c(N)ncnc32)O[C@@H]1COP(=O)(O)OP(=O)(O)OP(=O)(O)O.Cc1cn([C@H]2C[C@@H](O[C@](C)(F)N=[N+]=[N-])[C@@H](COP(=O)(O)OP(=O)(O)OP(=O)(O)O)O2)c(=O)[nH]c1=O. The third kappa shape index (κ3) is 39.2. The van der Waals surface area contributed by atoms with Gasteiger partial charge in [-0.1, -0.05) is 0 Å².